The standard InChI is InChI=1S/C18H33N5S.HI/c1-4-6-11-23-12-8-15(9-13-23)22-18(19-3)20-10-7-17-21-14-16(5-2)24-17;/h14-15H,4-13H2,1-3H3,(H2,19,20,22);1H. The van der Waals surface area contributed by atoms with Crippen LogP contribution in [-0.4, -0.2) is 55.1 Å². The monoisotopic (exact) mass is 479 g/mol. The molecule has 5 nitrogen and oxygen atoms in total. The molecule has 0 unspecified atom stereocenters. The fourth-order valence-corrected chi connectivity index (χ4v) is 3.85. The molecule has 0 amide bonds. The van der Waals surface area contributed by atoms with E-state index in [1.807, 2.05) is 24.6 Å². The summed E-state index contributed by atoms with van der Waals surface area (Å²) < 4.78 is 0. The molecular formula is C18H34IN5S. The fraction of sp³-hybridized carbons (Fsp3) is 0.778. The molecule has 2 rings (SSSR count). The van der Waals surface area contributed by atoms with Crippen molar-refractivity contribution in [3.8, 4) is 0 Å². The molecule has 1 fully saturated rings. The molecule has 0 aromatic carbocycles. The molecule has 2 N–H and O–H groups in total. The zero-order valence-corrected chi connectivity index (χ0v) is 19.0. The Labute approximate surface area is 174 Å². The SMILES string of the molecule is CCCCN1CCC(NC(=NC)NCCc2ncc(CC)s2)CC1.I. The van der Waals surface area contributed by atoms with Crippen LogP contribution in [0.2, 0.25) is 0 Å². The van der Waals surface area contributed by atoms with Crippen LogP contribution in [-0.2, 0) is 12.8 Å². The quantitative estimate of drug-likeness (QED) is 0.342. The lowest BCUT2D eigenvalue weighted by Crippen LogP contribution is -2.49. The molecule has 1 saturated heterocycles. The number of aromatic nitrogens is 1. The number of unbranched alkanes of at least 4 members (excludes halogenated alkanes) is 1. The minimum absolute atomic E-state index is 0. The number of hydrogen-bond donors (Lipinski definition) is 2. The number of nitrogens with one attached hydrogen (secondary N) is 2. The molecule has 25 heavy (non-hydrogen) atoms. The summed E-state index contributed by atoms with van der Waals surface area (Å²) in [6, 6.07) is 0.542. The normalized spacial score (nSPS) is 16.5. The molecule has 0 aliphatic carbocycles. The summed E-state index contributed by atoms with van der Waals surface area (Å²) in [4.78, 5) is 12.8. The van der Waals surface area contributed by atoms with Crippen LogP contribution in [0.3, 0.4) is 0 Å². The van der Waals surface area contributed by atoms with Crippen molar-refractivity contribution < 1.29 is 0 Å². The summed E-state index contributed by atoms with van der Waals surface area (Å²) in [6.07, 6.45) is 9.05. The molecule has 0 radical (unpaired) electrons. The first-order chi connectivity index (χ1) is 11.7. The first-order valence-electron chi connectivity index (χ1n) is 9.38. The van der Waals surface area contributed by atoms with Gasteiger partial charge in [0.25, 0.3) is 0 Å². The zero-order chi connectivity index (χ0) is 17.2. The van der Waals surface area contributed by atoms with E-state index < -0.39 is 0 Å². The van der Waals surface area contributed by atoms with E-state index in [-0.39, 0.29) is 24.0 Å². The number of aryl methyl sites for hydroxylation is 1. The van der Waals surface area contributed by atoms with E-state index in [4.69, 9.17) is 0 Å². The van der Waals surface area contributed by atoms with Gasteiger partial charge >= 0.3 is 0 Å². The van der Waals surface area contributed by atoms with Crippen LogP contribution in [0.25, 0.3) is 0 Å². The van der Waals surface area contributed by atoms with E-state index in [0.717, 1.165) is 25.3 Å². The summed E-state index contributed by atoms with van der Waals surface area (Å²) in [6.45, 7) is 8.98. The molecule has 2 heterocycles. The van der Waals surface area contributed by atoms with Gasteiger partial charge in [-0.3, -0.25) is 4.99 Å². The maximum absolute atomic E-state index is 4.47. The number of thiazole rings is 1. The van der Waals surface area contributed by atoms with Gasteiger partial charge in [-0.15, -0.1) is 35.3 Å². The summed E-state index contributed by atoms with van der Waals surface area (Å²) in [5.74, 6) is 0.925. The first-order valence-corrected chi connectivity index (χ1v) is 10.2. The first kappa shape index (κ1) is 22.6. The van der Waals surface area contributed by atoms with E-state index in [2.05, 4.69) is 39.4 Å². The van der Waals surface area contributed by atoms with Crippen molar-refractivity contribution in [3.05, 3.63) is 16.1 Å². The summed E-state index contributed by atoms with van der Waals surface area (Å²) >= 11 is 1.82. The molecule has 0 spiro atoms. The van der Waals surface area contributed by atoms with Gasteiger partial charge in [-0.25, -0.2) is 4.98 Å². The van der Waals surface area contributed by atoms with Gasteiger partial charge in [0.2, 0.25) is 0 Å². The van der Waals surface area contributed by atoms with Gasteiger partial charge in [0.15, 0.2) is 5.96 Å². The van der Waals surface area contributed by atoms with E-state index in [1.54, 1.807) is 0 Å². The Morgan fingerprint density at radius 1 is 1.36 bits per heavy atom. The topological polar surface area (TPSA) is 52.5 Å². The fourth-order valence-electron chi connectivity index (χ4n) is 2.99. The number of hydrogen-bond acceptors (Lipinski definition) is 4. The minimum Gasteiger partial charge on any atom is -0.356 e. The number of rotatable bonds is 8. The summed E-state index contributed by atoms with van der Waals surface area (Å²) in [7, 11) is 1.85. The molecular weight excluding hydrogens is 445 g/mol. The Balaban J connectivity index is 0.00000312. The highest BCUT2D eigenvalue weighted by molar-refractivity contribution is 14.0. The Hall–Kier alpha value is -0.410. The van der Waals surface area contributed by atoms with Crippen LogP contribution < -0.4 is 10.6 Å². The molecule has 0 bridgehead atoms. The van der Waals surface area contributed by atoms with Crippen LogP contribution in [0.4, 0.5) is 0 Å². The van der Waals surface area contributed by atoms with Crippen molar-refractivity contribution in [3.63, 3.8) is 0 Å². The zero-order valence-electron chi connectivity index (χ0n) is 15.9. The predicted molar refractivity (Wildman–Crippen MR) is 119 cm³/mol. The molecule has 7 heteroatoms. The van der Waals surface area contributed by atoms with Gasteiger partial charge in [0.1, 0.15) is 0 Å². The maximum Gasteiger partial charge on any atom is 0.191 e. The van der Waals surface area contributed by atoms with E-state index >= 15 is 0 Å². The van der Waals surface area contributed by atoms with Crippen molar-refractivity contribution in [1.82, 2.24) is 20.5 Å². The third-order valence-electron chi connectivity index (χ3n) is 4.56. The van der Waals surface area contributed by atoms with Gasteiger partial charge < -0.3 is 15.5 Å². The number of nitrogens with zero attached hydrogens (tertiary/aromatic N) is 3. The molecule has 0 saturated carbocycles. The van der Waals surface area contributed by atoms with Crippen LogP contribution in [0, 0.1) is 0 Å². The maximum atomic E-state index is 4.47. The average Bonchev–Trinajstić information content (AvgIpc) is 3.08. The Bertz CT molecular complexity index is 497. The van der Waals surface area contributed by atoms with Gasteiger partial charge in [0.05, 0.1) is 5.01 Å². The average molecular weight is 479 g/mol. The van der Waals surface area contributed by atoms with E-state index in [9.17, 15) is 0 Å². The Kier molecular flexibility index (Phi) is 11.6. The predicted octanol–water partition coefficient (Wildman–Crippen LogP) is 3.30. The van der Waals surface area contributed by atoms with Crippen molar-refractivity contribution in [2.24, 2.45) is 4.99 Å². The molecule has 144 valence electrons. The minimum atomic E-state index is 0. The summed E-state index contributed by atoms with van der Waals surface area (Å²) in [5.41, 5.74) is 0. The lowest BCUT2D eigenvalue weighted by molar-refractivity contribution is 0.203. The highest BCUT2D eigenvalue weighted by Gasteiger charge is 2.19. The molecule has 1 aromatic rings. The second-order valence-electron chi connectivity index (χ2n) is 6.44. The Morgan fingerprint density at radius 2 is 2.12 bits per heavy atom. The smallest absolute Gasteiger partial charge is 0.191 e. The van der Waals surface area contributed by atoms with E-state index in [0.29, 0.717) is 6.04 Å². The number of halogens is 1. The number of likely N-dealkylation sites (tertiary alicyclic amines) is 1. The van der Waals surface area contributed by atoms with Gasteiger partial charge in [-0.2, -0.15) is 0 Å². The highest BCUT2D eigenvalue weighted by Crippen LogP contribution is 2.13. The number of guanidine groups is 1. The lowest BCUT2D eigenvalue weighted by atomic mass is 10.0. The van der Waals surface area contributed by atoms with Crippen LogP contribution in [0.5, 0.6) is 0 Å². The molecule has 1 aliphatic rings. The molecule has 1 aromatic heterocycles. The van der Waals surface area contributed by atoms with Crippen LogP contribution in [0.15, 0.2) is 11.2 Å². The van der Waals surface area contributed by atoms with Gasteiger partial charge in [0, 0.05) is 50.2 Å². The lowest BCUT2D eigenvalue weighted by Gasteiger charge is -2.33. The number of aliphatic imine (C=N–C) groups is 1. The van der Waals surface area contributed by atoms with Crippen molar-refractivity contribution in [2.75, 3.05) is 33.2 Å². The molecule has 0 atom stereocenters. The Morgan fingerprint density at radius 3 is 2.72 bits per heavy atom. The number of piperidine rings is 1. The van der Waals surface area contributed by atoms with Gasteiger partial charge in [-0.05, 0) is 32.2 Å². The van der Waals surface area contributed by atoms with Crippen LogP contribution in [0.1, 0.15) is 49.4 Å². The van der Waals surface area contributed by atoms with Crippen molar-refractivity contribution in [1.29, 1.82) is 0 Å². The highest BCUT2D eigenvalue weighted by atomic mass is 127. The van der Waals surface area contributed by atoms with Crippen molar-refractivity contribution >= 4 is 41.3 Å². The largest absolute Gasteiger partial charge is 0.356 e. The second kappa shape index (κ2) is 12.9. The van der Waals surface area contributed by atoms with Crippen LogP contribution >= 0.6 is 35.3 Å². The van der Waals surface area contributed by atoms with Gasteiger partial charge in [-0.1, -0.05) is 20.3 Å². The second-order valence-corrected chi connectivity index (χ2v) is 7.64. The summed E-state index contributed by atoms with van der Waals surface area (Å²) in [5, 5.41) is 8.22. The third-order valence-corrected chi connectivity index (χ3v) is 5.76. The van der Waals surface area contributed by atoms with E-state index in [1.165, 1.54) is 55.2 Å². The third kappa shape index (κ3) is 8.21. The molecule has 1 aliphatic heterocycles. The van der Waals surface area contributed by atoms with Crippen molar-refractivity contribution in [2.45, 2.75) is 58.4 Å².